The quantitative estimate of drug-likeness (QED) is 0.853. The Bertz CT molecular complexity index is 492. The van der Waals surface area contributed by atoms with Crippen molar-refractivity contribution in [2.45, 2.75) is 49.7 Å². The third-order valence-electron chi connectivity index (χ3n) is 3.17. The second kappa shape index (κ2) is 5.38. The van der Waals surface area contributed by atoms with E-state index in [1.54, 1.807) is 24.3 Å². The Morgan fingerprint density at radius 3 is 2.50 bits per heavy atom. The molecule has 0 spiro atoms. The van der Waals surface area contributed by atoms with Gasteiger partial charge >= 0.3 is 0 Å². The minimum atomic E-state index is -3.71. The van der Waals surface area contributed by atoms with Crippen LogP contribution in [0.3, 0.4) is 0 Å². The summed E-state index contributed by atoms with van der Waals surface area (Å²) in [6.45, 7) is 1.90. The van der Waals surface area contributed by atoms with Crippen molar-refractivity contribution in [3.8, 4) is 0 Å². The van der Waals surface area contributed by atoms with Crippen LogP contribution < -0.4 is 0 Å². The molecule has 100 valence electrons. The molecule has 5 heteroatoms. The van der Waals surface area contributed by atoms with E-state index in [0.29, 0.717) is 12.8 Å². The predicted octanol–water partition coefficient (Wildman–Crippen LogP) is 2.00. The summed E-state index contributed by atoms with van der Waals surface area (Å²) in [6, 6.07) is 6.58. The van der Waals surface area contributed by atoms with Crippen molar-refractivity contribution in [3.05, 3.63) is 29.8 Å². The molecule has 2 unspecified atom stereocenters. The molecule has 0 heterocycles. The minimum absolute atomic E-state index is 0.174. The maximum atomic E-state index is 12.0. The Morgan fingerprint density at radius 1 is 1.22 bits per heavy atom. The highest BCUT2D eigenvalue weighted by atomic mass is 32.2. The first-order chi connectivity index (χ1) is 8.47. The van der Waals surface area contributed by atoms with Crippen LogP contribution in [0.1, 0.15) is 31.2 Å². The first kappa shape index (κ1) is 13.5. The van der Waals surface area contributed by atoms with Gasteiger partial charge in [0, 0.05) is 6.42 Å². The monoisotopic (exact) mass is 270 g/mol. The van der Waals surface area contributed by atoms with Crippen LogP contribution in [0.25, 0.3) is 0 Å². The second-order valence-corrected chi connectivity index (χ2v) is 6.38. The molecule has 0 bridgehead atoms. The van der Waals surface area contributed by atoms with Crippen LogP contribution in [0.2, 0.25) is 0 Å². The van der Waals surface area contributed by atoms with E-state index in [0.717, 1.165) is 18.4 Å². The van der Waals surface area contributed by atoms with Crippen molar-refractivity contribution >= 4 is 10.1 Å². The highest BCUT2D eigenvalue weighted by molar-refractivity contribution is 7.86. The van der Waals surface area contributed by atoms with Gasteiger partial charge in [-0.25, -0.2) is 0 Å². The van der Waals surface area contributed by atoms with E-state index in [-0.39, 0.29) is 4.90 Å². The van der Waals surface area contributed by atoms with Crippen molar-refractivity contribution in [2.24, 2.45) is 0 Å². The van der Waals surface area contributed by atoms with Gasteiger partial charge < -0.3 is 5.11 Å². The molecule has 4 nitrogen and oxygen atoms in total. The molecule has 0 amide bonds. The summed E-state index contributed by atoms with van der Waals surface area (Å²) in [7, 11) is -3.71. The van der Waals surface area contributed by atoms with E-state index in [9.17, 15) is 13.5 Å². The number of hydrogen-bond acceptors (Lipinski definition) is 4. The summed E-state index contributed by atoms with van der Waals surface area (Å²) in [5.41, 5.74) is 1.00. The number of rotatable bonds is 3. The van der Waals surface area contributed by atoms with E-state index < -0.39 is 22.3 Å². The topological polar surface area (TPSA) is 63.6 Å². The number of aliphatic hydroxyl groups excluding tert-OH is 1. The van der Waals surface area contributed by atoms with Gasteiger partial charge in [0.1, 0.15) is 0 Å². The lowest BCUT2D eigenvalue weighted by Gasteiger charge is -2.25. The Hall–Kier alpha value is -0.910. The van der Waals surface area contributed by atoms with Gasteiger partial charge in [-0.05, 0) is 38.3 Å². The molecule has 0 radical (unpaired) electrons. The average molecular weight is 270 g/mol. The molecule has 1 aromatic carbocycles. The fourth-order valence-corrected chi connectivity index (χ4v) is 3.26. The highest BCUT2D eigenvalue weighted by Crippen LogP contribution is 2.25. The lowest BCUT2D eigenvalue weighted by Crippen LogP contribution is -2.28. The number of hydrogen-bond donors (Lipinski definition) is 1. The molecule has 18 heavy (non-hydrogen) atoms. The van der Waals surface area contributed by atoms with Crippen molar-refractivity contribution in [1.82, 2.24) is 0 Å². The van der Waals surface area contributed by atoms with Crippen LogP contribution in [0.15, 0.2) is 29.2 Å². The third kappa shape index (κ3) is 3.31. The molecule has 1 aromatic rings. The number of aryl methyl sites for hydroxylation is 1. The van der Waals surface area contributed by atoms with Gasteiger partial charge in [0.05, 0.1) is 17.1 Å². The molecular weight excluding hydrogens is 252 g/mol. The maximum Gasteiger partial charge on any atom is 0.297 e. The maximum absolute atomic E-state index is 12.0. The first-order valence-electron chi connectivity index (χ1n) is 6.15. The third-order valence-corrected chi connectivity index (χ3v) is 4.55. The molecule has 0 aromatic heterocycles. The smallest absolute Gasteiger partial charge is 0.297 e. The zero-order valence-electron chi connectivity index (χ0n) is 10.4. The van der Waals surface area contributed by atoms with Crippen LogP contribution >= 0.6 is 0 Å². The molecule has 1 aliphatic carbocycles. The van der Waals surface area contributed by atoms with Crippen LogP contribution in [0.5, 0.6) is 0 Å². The van der Waals surface area contributed by atoms with E-state index in [4.69, 9.17) is 4.18 Å². The van der Waals surface area contributed by atoms with Gasteiger partial charge in [-0.15, -0.1) is 0 Å². The van der Waals surface area contributed by atoms with Gasteiger partial charge in [-0.3, -0.25) is 4.18 Å². The summed E-state index contributed by atoms with van der Waals surface area (Å²) in [5.74, 6) is 0. The molecule has 0 aliphatic heterocycles. The largest absolute Gasteiger partial charge is 0.393 e. The Morgan fingerprint density at radius 2 is 1.89 bits per heavy atom. The van der Waals surface area contributed by atoms with Gasteiger partial charge in [0.15, 0.2) is 0 Å². The van der Waals surface area contributed by atoms with E-state index in [1.165, 1.54) is 0 Å². The fraction of sp³-hybridized carbons (Fsp3) is 0.538. The van der Waals surface area contributed by atoms with Gasteiger partial charge in [0.2, 0.25) is 0 Å². The molecule has 0 saturated heterocycles. The Labute approximate surface area is 108 Å². The van der Waals surface area contributed by atoms with Crippen molar-refractivity contribution in [1.29, 1.82) is 0 Å². The SMILES string of the molecule is Cc1ccc(S(=O)(=O)OC2CCCC(O)C2)cc1. The highest BCUT2D eigenvalue weighted by Gasteiger charge is 2.26. The van der Waals surface area contributed by atoms with E-state index >= 15 is 0 Å². The Kier molecular flexibility index (Phi) is 4.04. The minimum Gasteiger partial charge on any atom is -0.393 e. The van der Waals surface area contributed by atoms with Crippen LogP contribution in [-0.4, -0.2) is 25.7 Å². The first-order valence-corrected chi connectivity index (χ1v) is 7.56. The van der Waals surface area contributed by atoms with Crippen LogP contribution in [-0.2, 0) is 14.3 Å². The average Bonchev–Trinajstić information content (AvgIpc) is 2.29. The van der Waals surface area contributed by atoms with Crippen molar-refractivity contribution in [3.63, 3.8) is 0 Å². The summed E-state index contributed by atoms with van der Waals surface area (Å²) in [5, 5.41) is 9.51. The number of aliphatic hydroxyl groups is 1. The summed E-state index contributed by atoms with van der Waals surface area (Å²) >= 11 is 0. The van der Waals surface area contributed by atoms with E-state index in [2.05, 4.69) is 0 Å². The number of benzene rings is 1. The molecule has 2 rings (SSSR count). The summed E-state index contributed by atoms with van der Waals surface area (Å²) in [4.78, 5) is 0.174. The van der Waals surface area contributed by atoms with Crippen molar-refractivity contribution in [2.75, 3.05) is 0 Å². The zero-order chi connectivity index (χ0) is 13.2. The molecule has 1 fully saturated rings. The van der Waals surface area contributed by atoms with Crippen LogP contribution in [0.4, 0.5) is 0 Å². The van der Waals surface area contributed by atoms with Crippen molar-refractivity contribution < 1.29 is 17.7 Å². The zero-order valence-corrected chi connectivity index (χ0v) is 11.2. The van der Waals surface area contributed by atoms with Crippen LogP contribution in [0, 0.1) is 6.92 Å². The molecular formula is C13H18O4S. The molecule has 2 atom stereocenters. The van der Waals surface area contributed by atoms with E-state index in [1.807, 2.05) is 6.92 Å². The molecule has 1 aliphatic rings. The van der Waals surface area contributed by atoms with Gasteiger partial charge in [-0.2, -0.15) is 8.42 Å². The van der Waals surface area contributed by atoms with Gasteiger partial charge in [0.25, 0.3) is 10.1 Å². The second-order valence-electron chi connectivity index (χ2n) is 4.81. The summed E-state index contributed by atoms with van der Waals surface area (Å²) < 4.78 is 29.2. The summed E-state index contributed by atoms with van der Waals surface area (Å²) in [6.07, 6.45) is 1.75. The predicted molar refractivity (Wildman–Crippen MR) is 67.7 cm³/mol. The standard InChI is InChI=1S/C13H18O4S/c1-10-5-7-13(8-6-10)18(15,16)17-12-4-2-3-11(14)9-12/h5-8,11-12,14H,2-4,9H2,1H3. The lowest BCUT2D eigenvalue weighted by molar-refractivity contribution is 0.0571. The lowest BCUT2D eigenvalue weighted by atomic mass is 9.95. The molecule has 1 saturated carbocycles. The van der Waals surface area contributed by atoms with Gasteiger partial charge in [-0.1, -0.05) is 17.7 Å². The molecule has 1 N–H and O–H groups in total. The Balaban J connectivity index is 2.09. The normalized spacial score (nSPS) is 25.0. The fourth-order valence-electron chi connectivity index (χ4n) is 2.15.